The zero-order valence-corrected chi connectivity index (χ0v) is 8.64. The molecule has 72 valence electrons. The Morgan fingerprint density at radius 2 is 2.29 bits per heavy atom. The van der Waals surface area contributed by atoms with Crippen molar-refractivity contribution < 1.29 is 9.90 Å². The van der Waals surface area contributed by atoms with Gasteiger partial charge in [-0.2, -0.15) is 5.26 Å². The lowest BCUT2D eigenvalue weighted by molar-refractivity contribution is 0.0696. The van der Waals surface area contributed by atoms with Crippen LogP contribution in [0.3, 0.4) is 0 Å². The number of hydrogen-bond donors (Lipinski definition) is 2. The Labute approximate surface area is 91.3 Å². The maximum absolute atomic E-state index is 10.7. The molecule has 0 atom stereocenters. The number of nitrogens with zero attached hydrogens (tertiary/aromatic N) is 1. The summed E-state index contributed by atoms with van der Waals surface area (Å²) in [5.74, 6) is -0.964. The van der Waals surface area contributed by atoms with Gasteiger partial charge in [-0.25, -0.2) is 4.79 Å². The van der Waals surface area contributed by atoms with Crippen LogP contribution in [-0.2, 0) is 5.88 Å². The minimum absolute atomic E-state index is 0.0876. The number of carboxylic acid groups (broad SMARTS) is 1. The molecule has 0 fully saturated rings. The van der Waals surface area contributed by atoms with Crippen LogP contribution in [0, 0.1) is 11.3 Å². The first-order valence-electron chi connectivity index (χ1n) is 3.65. The van der Waals surface area contributed by atoms with Gasteiger partial charge in [0, 0.05) is 10.8 Å². The summed E-state index contributed by atoms with van der Waals surface area (Å²) < 4.78 is 0. The van der Waals surface area contributed by atoms with Gasteiger partial charge < -0.3 is 5.11 Å². The van der Waals surface area contributed by atoms with Crippen LogP contribution in [0.1, 0.15) is 21.5 Å². The standard InChI is InChI=1S/C9H6ClNO2S/c10-3-6-1-5(9(12)13)2-8(14)7(6)4-11/h1-2,14H,3H2,(H,12,13). The smallest absolute Gasteiger partial charge is 0.335 e. The fraction of sp³-hybridized carbons (Fsp3) is 0.111. The van der Waals surface area contributed by atoms with Crippen molar-refractivity contribution in [2.75, 3.05) is 0 Å². The van der Waals surface area contributed by atoms with Crippen molar-refractivity contribution in [3.05, 3.63) is 28.8 Å². The molecule has 0 saturated heterocycles. The van der Waals surface area contributed by atoms with E-state index in [0.29, 0.717) is 16.0 Å². The predicted molar refractivity (Wildman–Crippen MR) is 54.9 cm³/mol. The maximum atomic E-state index is 10.7. The molecule has 0 saturated carbocycles. The Hall–Kier alpha value is -1.18. The zero-order valence-electron chi connectivity index (χ0n) is 6.99. The third-order valence-electron chi connectivity index (χ3n) is 1.70. The second kappa shape index (κ2) is 4.36. The summed E-state index contributed by atoms with van der Waals surface area (Å²) in [6.07, 6.45) is 0. The van der Waals surface area contributed by atoms with Gasteiger partial charge in [-0.3, -0.25) is 0 Å². The predicted octanol–water partition coefficient (Wildman–Crippen LogP) is 2.28. The van der Waals surface area contributed by atoms with Crippen LogP contribution in [0.4, 0.5) is 0 Å². The lowest BCUT2D eigenvalue weighted by atomic mass is 10.1. The monoisotopic (exact) mass is 227 g/mol. The number of alkyl halides is 1. The molecule has 0 aliphatic carbocycles. The molecular weight excluding hydrogens is 222 g/mol. The van der Waals surface area contributed by atoms with Crippen LogP contribution >= 0.6 is 24.2 Å². The molecule has 1 aromatic carbocycles. The maximum Gasteiger partial charge on any atom is 0.335 e. The van der Waals surface area contributed by atoms with Crippen molar-refractivity contribution in [3.63, 3.8) is 0 Å². The number of carboxylic acids is 1. The zero-order chi connectivity index (χ0) is 10.7. The van der Waals surface area contributed by atoms with E-state index in [2.05, 4.69) is 12.6 Å². The quantitative estimate of drug-likeness (QED) is 0.602. The van der Waals surface area contributed by atoms with Gasteiger partial charge in [-0.1, -0.05) is 0 Å². The van der Waals surface area contributed by atoms with E-state index >= 15 is 0 Å². The average molecular weight is 228 g/mol. The molecule has 0 radical (unpaired) electrons. The highest BCUT2D eigenvalue weighted by molar-refractivity contribution is 7.80. The molecular formula is C9H6ClNO2S. The number of hydrogen-bond acceptors (Lipinski definition) is 3. The average Bonchev–Trinajstić information content (AvgIpc) is 2.16. The van der Waals surface area contributed by atoms with Crippen LogP contribution in [0.2, 0.25) is 0 Å². The van der Waals surface area contributed by atoms with E-state index in [1.807, 2.05) is 6.07 Å². The van der Waals surface area contributed by atoms with Crippen LogP contribution < -0.4 is 0 Å². The molecule has 5 heteroatoms. The summed E-state index contributed by atoms with van der Waals surface area (Å²) in [7, 11) is 0. The Morgan fingerprint density at radius 1 is 1.64 bits per heavy atom. The van der Waals surface area contributed by atoms with Gasteiger partial charge in [-0.05, 0) is 17.7 Å². The molecule has 0 unspecified atom stereocenters. The van der Waals surface area contributed by atoms with E-state index in [4.69, 9.17) is 22.0 Å². The summed E-state index contributed by atoms with van der Waals surface area (Å²) in [5, 5.41) is 17.5. The SMILES string of the molecule is N#Cc1c(S)cc(C(=O)O)cc1CCl. The third-order valence-corrected chi connectivity index (χ3v) is 2.34. The highest BCUT2D eigenvalue weighted by Crippen LogP contribution is 2.21. The number of benzene rings is 1. The van der Waals surface area contributed by atoms with Crippen molar-refractivity contribution in [1.82, 2.24) is 0 Å². The van der Waals surface area contributed by atoms with E-state index in [1.54, 1.807) is 0 Å². The molecule has 14 heavy (non-hydrogen) atoms. The van der Waals surface area contributed by atoms with E-state index in [1.165, 1.54) is 12.1 Å². The van der Waals surface area contributed by atoms with Crippen molar-refractivity contribution in [2.24, 2.45) is 0 Å². The normalized spacial score (nSPS) is 9.50. The molecule has 0 aromatic heterocycles. The van der Waals surface area contributed by atoms with Gasteiger partial charge in [-0.15, -0.1) is 24.2 Å². The molecule has 1 N–H and O–H groups in total. The lowest BCUT2D eigenvalue weighted by Crippen LogP contribution is -1.99. The second-order valence-corrected chi connectivity index (χ2v) is 3.33. The number of rotatable bonds is 2. The van der Waals surface area contributed by atoms with Crippen molar-refractivity contribution in [2.45, 2.75) is 10.8 Å². The molecule has 0 spiro atoms. The van der Waals surface area contributed by atoms with E-state index < -0.39 is 5.97 Å². The van der Waals surface area contributed by atoms with Crippen molar-refractivity contribution in [1.29, 1.82) is 5.26 Å². The highest BCUT2D eigenvalue weighted by Gasteiger charge is 2.11. The van der Waals surface area contributed by atoms with Gasteiger partial charge in [0.2, 0.25) is 0 Å². The first kappa shape index (κ1) is 10.9. The lowest BCUT2D eigenvalue weighted by Gasteiger charge is -2.04. The van der Waals surface area contributed by atoms with E-state index in [-0.39, 0.29) is 11.4 Å². The Kier molecular flexibility index (Phi) is 3.39. The Bertz CT molecular complexity index is 426. The summed E-state index contributed by atoms with van der Waals surface area (Å²) in [5.41, 5.74) is 0.900. The summed E-state index contributed by atoms with van der Waals surface area (Å²) in [6.45, 7) is 0. The number of aromatic carboxylic acids is 1. The summed E-state index contributed by atoms with van der Waals surface area (Å²) >= 11 is 9.60. The largest absolute Gasteiger partial charge is 0.478 e. The minimum atomic E-state index is -1.06. The molecule has 3 nitrogen and oxygen atoms in total. The van der Waals surface area contributed by atoms with Gasteiger partial charge in [0.1, 0.15) is 6.07 Å². The summed E-state index contributed by atoms with van der Waals surface area (Å²) in [6, 6.07) is 4.64. The molecule has 0 amide bonds. The highest BCUT2D eigenvalue weighted by atomic mass is 35.5. The van der Waals surface area contributed by atoms with Crippen LogP contribution in [0.5, 0.6) is 0 Å². The molecule has 0 bridgehead atoms. The van der Waals surface area contributed by atoms with E-state index in [0.717, 1.165) is 0 Å². The third kappa shape index (κ3) is 2.00. The van der Waals surface area contributed by atoms with Crippen LogP contribution in [-0.4, -0.2) is 11.1 Å². The van der Waals surface area contributed by atoms with Crippen LogP contribution in [0.25, 0.3) is 0 Å². The Morgan fingerprint density at radius 3 is 2.71 bits per heavy atom. The Balaban J connectivity index is 3.40. The van der Waals surface area contributed by atoms with Gasteiger partial charge in [0.25, 0.3) is 0 Å². The molecule has 1 rings (SSSR count). The molecule has 0 aliphatic rings. The van der Waals surface area contributed by atoms with E-state index in [9.17, 15) is 4.79 Å². The number of carbonyl (C=O) groups is 1. The van der Waals surface area contributed by atoms with Crippen molar-refractivity contribution >= 4 is 30.2 Å². The molecule has 0 heterocycles. The fourth-order valence-corrected chi connectivity index (χ4v) is 1.59. The number of halogens is 1. The van der Waals surface area contributed by atoms with Crippen molar-refractivity contribution in [3.8, 4) is 6.07 Å². The number of nitriles is 1. The van der Waals surface area contributed by atoms with Gasteiger partial charge in [0.15, 0.2) is 0 Å². The minimum Gasteiger partial charge on any atom is -0.478 e. The van der Waals surface area contributed by atoms with Crippen LogP contribution in [0.15, 0.2) is 17.0 Å². The number of thiol groups is 1. The topological polar surface area (TPSA) is 61.1 Å². The first-order valence-corrected chi connectivity index (χ1v) is 4.63. The fourth-order valence-electron chi connectivity index (χ4n) is 1.04. The van der Waals surface area contributed by atoms with Gasteiger partial charge >= 0.3 is 5.97 Å². The molecule has 1 aromatic rings. The van der Waals surface area contributed by atoms with Gasteiger partial charge in [0.05, 0.1) is 11.1 Å². The summed E-state index contributed by atoms with van der Waals surface area (Å²) in [4.78, 5) is 11.0. The second-order valence-electron chi connectivity index (χ2n) is 2.58. The first-order chi connectivity index (χ1) is 6.60. The molecule has 0 aliphatic heterocycles.